The zero-order valence-electron chi connectivity index (χ0n) is 14.4. The molecule has 0 heterocycles. The van der Waals surface area contributed by atoms with Crippen molar-refractivity contribution in [3.8, 4) is 28.7 Å². The first kappa shape index (κ1) is 16.1. The summed E-state index contributed by atoms with van der Waals surface area (Å²) >= 11 is 0. The number of rotatable bonds is 5. The first-order valence-corrected chi connectivity index (χ1v) is 7.45. The van der Waals surface area contributed by atoms with Gasteiger partial charge in [-0.25, -0.2) is 0 Å². The van der Waals surface area contributed by atoms with Gasteiger partial charge in [-0.3, -0.25) is 0 Å². The Morgan fingerprint density at radius 1 is 0.583 bits per heavy atom. The second kappa shape index (κ2) is 6.35. The van der Waals surface area contributed by atoms with Crippen molar-refractivity contribution in [2.75, 3.05) is 35.5 Å². The van der Waals surface area contributed by atoms with Crippen LogP contribution in [0.25, 0.3) is 21.5 Å². The first-order chi connectivity index (χ1) is 11.7. The minimum Gasteiger partial charge on any atom is -0.497 e. The van der Waals surface area contributed by atoms with E-state index in [0.29, 0.717) is 17.2 Å². The van der Waals surface area contributed by atoms with Gasteiger partial charge in [-0.05, 0) is 41.1 Å². The molecule has 3 aromatic rings. The highest BCUT2D eigenvalue weighted by Crippen LogP contribution is 2.48. The smallest absolute Gasteiger partial charge is 0.203 e. The van der Waals surface area contributed by atoms with Crippen molar-refractivity contribution >= 4 is 21.5 Å². The molecule has 0 atom stereocenters. The van der Waals surface area contributed by atoms with Crippen LogP contribution >= 0.6 is 0 Å². The summed E-state index contributed by atoms with van der Waals surface area (Å²) in [5, 5.41) is 3.81. The Kier molecular flexibility index (Phi) is 4.25. The molecule has 0 aromatic heterocycles. The van der Waals surface area contributed by atoms with E-state index in [2.05, 4.69) is 0 Å². The maximum absolute atomic E-state index is 5.65. The van der Waals surface area contributed by atoms with Gasteiger partial charge in [-0.15, -0.1) is 0 Å². The lowest BCUT2D eigenvalue weighted by atomic mass is 9.99. The van der Waals surface area contributed by atoms with Crippen LogP contribution in [0.4, 0.5) is 0 Å². The lowest BCUT2D eigenvalue weighted by Gasteiger charge is -2.18. The van der Waals surface area contributed by atoms with E-state index in [0.717, 1.165) is 33.0 Å². The quantitative estimate of drug-likeness (QED) is 0.662. The molecule has 5 heteroatoms. The molecule has 0 aliphatic carbocycles. The fraction of sp³-hybridized carbons (Fsp3) is 0.263. The fourth-order valence-electron chi connectivity index (χ4n) is 3.03. The number of benzene rings is 3. The lowest BCUT2D eigenvalue weighted by Crippen LogP contribution is -1.97. The predicted octanol–water partition coefficient (Wildman–Crippen LogP) is 4.04. The van der Waals surface area contributed by atoms with E-state index in [1.54, 1.807) is 35.5 Å². The van der Waals surface area contributed by atoms with Crippen LogP contribution in [0.1, 0.15) is 0 Å². The van der Waals surface area contributed by atoms with Gasteiger partial charge >= 0.3 is 0 Å². The second-order valence-electron chi connectivity index (χ2n) is 5.23. The molecular formula is C19H20O5. The highest BCUT2D eigenvalue weighted by Gasteiger charge is 2.20. The van der Waals surface area contributed by atoms with Crippen LogP contribution in [-0.4, -0.2) is 35.5 Å². The molecule has 0 aliphatic heterocycles. The van der Waals surface area contributed by atoms with E-state index < -0.39 is 0 Å². The summed E-state index contributed by atoms with van der Waals surface area (Å²) in [7, 11) is 8.12. The maximum atomic E-state index is 5.65. The Morgan fingerprint density at radius 3 is 1.83 bits per heavy atom. The van der Waals surface area contributed by atoms with Gasteiger partial charge in [0.2, 0.25) is 5.75 Å². The van der Waals surface area contributed by atoms with Crippen molar-refractivity contribution in [3.05, 3.63) is 30.3 Å². The summed E-state index contributed by atoms with van der Waals surface area (Å²) in [4.78, 5) is 0. The molecule has 0 saturated heterocycles. The summed E-state index contributed by atoms with van der Waals surface area (Å²) in [6.07, 6.45) is 0. The van der Waals surface area contributed by atoms with Crippen LogP contribution in [0.5, 0.6) is 28.7 Å². The molecule has 0 unspecified atom stereocenters. The SMILES string of the molecule is COc1ccc2c(c1)c(OC)cc1cc(OC)c(OC)c(OC)c12. The van der Waals surface area contributed by atoms with E-state index in [1.165, 1.54) is 0 Å². The van der Waals surface area contributed by atoms with Gasteiger partial charge in [-0.1, -0.05) is 0 Å². The van der Waals surface area contributed by atoms with Gasteiger partial charge in [0.05, 0.1) is 35.5 Å². The largest absolute Gasteiger partial charge is 0.497 e. The highest BCUT2D eigenvalue weighted by atomic mass is 16.5. The summed E-state index contributed by atoms with van der Waals surface area (Å²) in [5.41, 5.74) is 0. The molecule has 5 nitrogen and oxygen atoms in total. The molecule has 0 amide bonds. The molecule has 0 saturated carbocycles. The average molecular weight is 328 g/mol. The zero-order valence-corrected chi connectivity index (χ0v) is 14.4. The number of hydrogen-bond acceptors (Lipinski definition) is 5. The van der Waals surface area contributed by atoms with Crippen molar-refractivity contribution in [3.63, 3.8) is 0 Å². The van der Waals surface area contributed by atoms with Crippen LogP contribution in [-0.2, 0) is 0 Å². The Balaban J connectivity index is 2.53. The summed E-state index contributed by atoms with van der Waals surface area (Å²) in [6.45, 7) is 0. The molecule has 0 fully saturated rings. The lowest BCUT2D eigenvalue weighted by molar-refractivity contribution is 0.327. The third-order valence-electron chi connectivity index (χ3n) is 4.13. The van der Waals surface area contributed by atoms with Crippen molar-refractivity contribution < 1.29 is 23.7 Å². The molecule has 0 radical (unpaired) electrons. The van der Waals surface area contributed by atoms with Gasteiger partial charge in [-0.2, -0.15) is 0 Å². The standard InChI is InChI=1S/C19H20O5/c1-20-12-6-7-13-14(10-12)15(21-2)8-11-9-16(22-3)18(23-4)19(24-5)17(11)13/h6-10H,1-5H3. The Labute approximate surface area is 140 Å². The van der Waals surface area contributed by atoms with Gasteiger partial charge in [0.25, 0.3) is 0 Å². The van der Waals surface area contributed by atoms with Crippen LogP contribution in [0.2, 0.25) is 0 Å². The van der Waals surface area contributed by atoms with Crippen molar-refractivity contribution in [1.82, 2.24) is 0 Å². The van der Waals surface area contributed by atoms with Gasteiger partial charge in [0.15, 0.2) is 11.5 Å². The minimum absolute atomic E-state index is 0.565. The highest BCUT2D eigenvalue weighted by molar-refractivity contribution is 6.14. The van der Waals surface area contributed by atoms with Gasteiger partial charge < -0.3 is 23.7 Å². The van der Waals surface area contributed by atoms with Crippen LogP contribution in [0.3, 0.4) is 0 Å². The fourth-order valence-corrected chi connectivity index (χ4v) is 3.03. The summed E-state index contributed by atoms with van der Waals surface area (Å²) in [6, 6.07) is 9.74. The van der Waals surface area contributed by atoms with Crippen molar-refractivity contribution in [1.29, 1.82) is 0 Å². The van der Waals surface area contributed by atoms with Crippen molar-refractivity contribution in [2.24, 2.45) is 0 Å². The Morgan fingerprint density at radius 2 is 1.25 bits per heavy atom. The van der Waals surface area contributed by atoms with E-state index in [4.69, 9.17) is 23.7 Å². The van der Waals surface area contributed by atoms with Crippen LogP contribution in [0.15, 0.2) is 30.3 Å². The number of fused-ring (bicyclic) bond motifs is 3. The molecule has 0 bridgehead atoms. The molecule has 126 valence electrons. The molecular weight excluding hydrogens is 308 g/mol. The third-order valence-corrected chi connectivity index (χ3v) is 4.13. The zero-order chi connectivity index (χ0) is 17.3. The van der Waals surface area contributed by atoms with Crippen LogP contribution < -0.4 is 23.7 Å². The maximum Gasteiger partial charge on any atom is 0.203 e. The van der Waals surface area contributed by atoms with Gasteiger partial charge in [0, 0.05) is 10.8 Å². The van der Waals surface area contributed by atoms with E-state index in [-0.39, 0.29) is 0 Å². The second-order valence-corrected chi connectivity index (χ2v) is 5.23. The van der Waals surface area contributed by atoms with E-state index in [1.807, 2.05) is 30.3 Å². The molecule has 0 N–H and O–H groups in total. The number of hydrogen-bond donors (Lipinski definition) is 0. The molecule has 3 aromatic carbocycles. The monoisotopic (exact) mass is 328 g/mol. The summed E-state index contributed by atoms with van der Waals surface area (Å²) < 4.78 is 27.5. The van der Waals surface area contributed by atoms with E-state index >= 15 is 0 Å². The van der Waals surface area contributed by atoms with Crippen molar-refractivity contribution in [2.45, 2.75) is 0 Å². The molecule has 0 aliphatic rings. The summed E-state index contributed by atoms with van der Waals surface area (Å²) in [5.74, 6) is 3.32. The Hall–Kier alpha value is -2.82. The topological polar surface area (TPSA) is 46.2 Å². The number of ether oxygens (including phenoxy) is 5. The first-order valence-electron chi connectivity index (χ1n) is 7.45. The molecule has 24 heavy (non-hydrogen) atoms. The predicted molar refractivity (Wildman–Crippen MR) is 94.2 cm³/mol. The van der Waals surface area contributed by atoms with Gasteiger partial charge in [0.1, 0.15) is 11.5 Å². The molecule has 0 spiro atoms. The third kappa shape index (κ3) is 2.33. The number of methoxy groups -OCH3 is 5. The minimum atomic E-state index is 0.565. The Bertz CT molecular complexity index is 902. The van der Waals surface area contributed by atoms with Crippen LogP contribution in [0, 0.1) is 0 Å². The average Bonchev–Trinajstić information content (AvgIpc) is 2.64. The molecule has 3 rings (SSSR count). The van der Waals surface area contributed by atoms with E-state index in [9.17, 15) is 0 Å². The normalized spacial score (nSPS) is 10.7.